The molecule has 0 spiro atoms. The van der Waals surface area contributed by atoms with E-state index < -0.39 is 0 Å². The highest BCUT2D eigenvalue weighted by Crippen LogP contribution is 2.26. The lowest BCUT2D eigenvalue weighted by atomic mass is 10.0. The molecule has 1 unspecified atom stereocenters. The van der Waals surface area contributed by atoms with Gasteiger partial charge in [0.05, 0.1) is 11.6 Å². The van der Waals surface area contributed by atoms with Gasteiger partial charge in [-0.1, -0.05) is 13.0 Å². The number of ketones is 1. The van der Waals surface area contributed by atoms with Crippen molar-refractivity contribution in [1.29, 1.82) is 0 Å². The normalized spacial score (nSPS) is 11.6. The first kappa shape index (κ1) is 22.2. The van der Waals surface area contributed by atoms with Crippen molar-refractivity contribution < 1.29 is 9.59 Å². The van der Waals surface area contributed by atoms with E-state index in [0.717, 1.165) is 40.1 Å². The van der Waals surface area contributed by atoms with Crippen molar-refractivity contribution in [3.05, 3.63) is 77.4 Å². The molecule has 31 heavy (non-hydrogen) atoms. The fourth-order valence-corrected chi connectivity index (χ4v) is 3.37. The number of amides is 1. The molecule has 0 aliphatic rings. The van der Waals surface area contributed by atoms with Crippen LogP contribution in [0.25, 0.3) is 11.1 Å². The maximum atomic E-state index is 12.3. The molecule has 1 atom stereocenters. The Morgan fingerprint density at radius 2 is 1.87 bits per heavy atom. The maximum Gasteiger partial charge on any atom is 0.253 e. The minimum Gasteiger partial charge on any atom is -0.375 e. The summed E-state index contributed by atoms with van der Waals surface area (Å²) < 4.78 is 0. The Kier molecular flexibility index (Phi) is 7.13. The van der Waals surface area contributed by atoms with Crippen LogP contribution >= 0.6 is 0 Å². The zero-order valence-electron chi connectivity index (χ0n) is 18.4. The van der Waals surface area contributed by atoms with Crippen molar-refractivity contribution >= 4 is 17.4 Å². The van der Waals surface area contributed by atoms with Gasteiger partial charge in [-0.2, -0.15) is 0 Å². The zero-order chi connectivity index (χ0) is 22.4. The molecule has 6 nitrogen and oxygen atoms in total. The molecule has 160 valence electrons. The Morgan fingerprint density at radius 3 is 2.52 bits per heavy atom. The number of benzene rings is 1. The van der Waals surface area contributed by atoms with Crippen molar-refractivity contribution in [2.24, 2.45) is 0 Å². The summed E-state index contributed by atoms with van der Waals surface area (Å²) in [6, 6.07) is 11.4. The van der Waals surface area contributed by atoms with E-state index in [-0.39, 0.29) is 17.7 Å². The lowest BCUT2D eigenvalue weighted by Gasteiger charge is -2.18. The lowest BCUT2D eigenvalue weighted by molar-refractivity contribution is -0.117. The predicted molar refractivity (Wildman–Crippen MR) is 123 cm³/mol. The summed E-state index contributed by atoms with van der Waals surface area (Å²) in [6.45, 7) is 7.94. The van der Waals surface area contributed by atoms with Gasteiger partial charge in [0, 0.05) is 42.1 Å². The largest absolute Gasteiger partial charge is 0.375 e. The third kappa shape index (κ3) is 5.54. The number of pyridine rings is 2. The molecular formula is C25H28N4O2. The highest BCUT2D eigenvalue weighted by Gasteiger charge is 2.13. The minimum absolute atomic E-state index is 0.131. The lowest BCUT2D eigenvalue weighted by Crippen LogP contribution is -2.26. The average molecular weight is 417 g/mol. The Morgan fingerprint density at radius 1 is 1.06 bits per heavy atom. The van der Waals surface area contributed by atoms with Gasteiger partial charge in [0.1, 0.15) is 0 Å². The number of anilines is 1. The summed E-state index contributed by atoms with van der Waals surface area (Å²) in [7, 11) is 0. The molecule has 2 aromatic heterocycles. The van der Waals surface area contributed by atoms with Crippen molar-refractivity contribution in [2.45, 2.75) is 46.7 Å². The van der Waals surface area contributed by atoms with Crippen LogP contribution in [-0.4, -0.2) is 27.7 Å². The van der Waals surface area contributed by atoms with Crippen molar-refractivity contribution in [3.8, 4) is 11.1 Å². The summed E-state index contributed by atoms with van der Waals surface area (Å²) in [5, 5.41) is 6.26. The predicted octanol–water partition coefficient (Wildman–Crippen LogP) is 4.47. The third-order valence-electron chi connectivity index (χ3n) is 5.34. The summed E-state index contributed by atoms with van der Waals surface area (Å²) >= 11 is 0. The fourth-order valence-electron chi connectivity index (χ4n) is 3.37. The van der Waals surface area contributed by atoms with E-state index in [2.05, 4.69) is 32.7 Å². The molecule has 0 saturated carbocycles. The zero-order valence-corrected chi connectivity index (χ0v) is 18.4. The number of aromatic nitrogens is 2. The van der Waals surface area contributed by atoms with Gasteiger partial charge >= 0.3 is 0 Å². The van der Waals surface area contributed by atoms with Gasteiger partial charge in [0.25, 0.3) is 5.91 Å². The monoisotopic (exact) mass is 416 g/mol. The number of Topliss-reactive ketones (excluding diaryl/α,β-unsaturated/α-hetero) is 1. The molecule has 0 radical (unpaired) electrons. The number of nitrogens with one attached hydrogen (secondary N) is 2. The van der Waals surface area contributed by atoms with E-state index in [1.54, 1.807) is 31.5 Å². The van der Waals surface area contributed by atoms with E-state index in [9.17, 15) is 9.59 Å². The van der Waals surface area contributed by atoms with Crippen LogP contribution < -0.4 is 10.6 Å². The molecule has 0 aliphatic heterocycles. The summed E-state index contributed by atoms with van der Waals surface area (Å²) in [5.41, 5.74) is 6.38. The molecule has 0 fully saturated rings. The van der Waals surface area contributed by atoms with Crippen LogP contribution in [0.2, 0.25) is 0 Å². The third-order valence-corrected chi connectivity index (χ3v) is 5.34. The summed E-state index contributed by atoms with van der Waals surface area (Å²) in [6.07, 6.45) is 5.77. The smallest absolute Gasteiger partial charge is 0.253 e. The van der Waals surface area contributed by atoms with Gasteiger partial charge < -0.3 is 10.6 Å². The van der Waals surface area contributed by atoms with Crippen molar-refractivity contribution in [2.75, 3.05) is 5.32 Å². The fraction of sp³-hybridized carbons (Fsp3) is 0.280. The molecule has 1 aromatic carbocycles. The topological polar surface area (TPSA) is 84.0 Å². The molecule has 0 bridgehead atoms. The molecule has 2 N–H and O–H groups in total. The second-order valence-electron chi connectivity index (χ2n) is 7.64. The Bertz CT molecular complexity index is 1080. The molecule has 3 aromatic rings. The highest BCUT2D eigenvalue weighted by atomic mass is 16.1. The first-order valence-corrected chi connectivity index (χ1v) is 10.4. The maximum absolute atomic E-state index is 12.3. The average Bonchev–Trinajstić information content (AvgIpc) is 2.77. The number of rotatable bonds is 8. The number of carbonyl (C=O) groups excluding carboxylic acids is 2. The second-order valence-corrected chi connectivity index (χ2v) is 7.64. The molecule has 3 rings (SSSR count). The van der Waals surface area contributed by atoms with Crippen LogP contribution in [0.3, 0.4) is 0 Å². The Balaban J connectivity index is 1.77. The van der Waals surface area contributed by atoms with Crippen molar-refractivity contribution in [1.82, 2.24) is 15.3 Å². The molecule has 2 heterocycles. The van der Waals surface area contributed by atoms with Crippen LogP contribution in [0.4, 0.5) is 5.69 Å². The number of carbonyl (C=O) groups is 2. The van der Waals surface area contributed by atoms with E-state index in [1.807, 2.05) is 39.1 Å². The van der Waals surface area contributed by atoms with Crippen LogP contribution in [0.15, 0.2) is 55.0 Å². The molecule has 6 heteroatoms. The first-order valence-electron chi connectivity index (χ1n) is 10.4. The Hall–Kier alpha value is -3.54. The standard InChI is InChI=1S/C25H28N4O2/c1-5-23(18(4)30)29-24-9-8-19(11-16(24)2)22-12-21(17(3)27-15-22)14-28-25(31)20-7-6-10-26-13-20/h6-13,15,23,29H,5,14H2,1-4H3,(H,28,31). The van der Waals surface area contributed by atoms with Gasteiger partial charge in [-0.3, -0.25) is 19.6 Å². The van der Waals surface area contributed by atoms with E-state index in [4.69, 9.17) is 0 Å². The SMILES string of the molecule is CCC(Nc1ccc(-c2cnc(C)c(CNC(=O)c3cccnc3)c2)cc1C)C(C)=O. The molecule has 0 aliphatic carbocycles. The quantitative estimate of drug-likeness (QED) is 0.566. The van der Waals surface area contributed by atoms with Crippen LogP contribution in [0.1, 0.15) is 47.4 Å². The number of nitrogens with zero attached hydrogens (tertiary/aromatic N) is 2. The van der Waals surface area contributed by atoms with Gasteiger partial charge in [-0.25, -0.2) is 0 Å². The Labute approximate surface area is 183 Å². The van der Waals surface area contributed by atoms with Gasteiger partial charge in [0.2, 0.25) is 0 Å². The first-order chi connectivity index (χ1) is 14.9. The van der Waals surface area contributed by atoms with Crippen LogP contribution in [0.5, 0.6) is 0 Å². The van der Waals surface area contributed by atoms with E-state index >= 15 is 0 Å². The second kappa shape index (κ2) is 9.98. The van der Waals surface area contributed by atoms with E-state index in [0.29, 0.717) is 12.1 Å². The van der Waals surface area contributed by atoms with Crippen molar-refractivity contribution in [3.63, 3.8) is 0 Å². The molecule has 1 amide bonds. The number of hydrogen-bond donors (Lipinski definition) is 2. The molecule has 0 saturated heterocycles. The minimum atomic E-state index is -0.180. The number of aryl methyl sites for hydroxylation is 2. The highest BCUT2D eigenvalue weighted by molar-refractivity contribution is 5.93. The van der Waals surface area contributed by atoms with Crippen LogP contribution in [-0.2, 0) is 11.3 Å². The van der Waals surface area contributed by atoms with Crippen LogP contribution in [0, 0.1) is 13.8 Å². The molecular weight excluding hydrogens is 388 g/mol. The van der Waals surface area contributed by atoms with Gasteiger partial charge in [-0.05, 0) is 74.2 Å². The van der Waals surface area contributed by atoms with Gasteiger partial charge in [0.15, 0.2) is 5.78 Å². The summed E-state index contributed by atoms with van der Waals surface area (Å²) in [5.74, 6) is -0.0354. The summed E-state index contributed by atoms with van der Waals surface area (Å²) in [4.78, 5) is 32.6. The van der Waals surface area contributed by atoms with Gasteiger partial charge in [-0.15, -0.1) is 0 Å². The van der Waals surface area contributed by atoms with E-state index in [1.165, 1.54) is 0 Å². The number of hydrogen-bond acceptors (Lipinski definition) is 5.